The molecule has 128 valence electrons. The van der Waals surface area contributed by atoms with E-state index in [1.54, 1.807) is 12.4 Å². The maximum atomic E-state index is 12.7. The molecule has 0 N–H and O–H groups in total. The minimum Gasteiger partial charge on any atom is -0.305 e. The lowest BCUT2D eigenvalue weighted by Crippen LogP contribution is -2.14. The van der Waals surface area contributed by atoms with Crippen molar-refractivity contribution < 1.29 is 4.79 Å². The number of ketones is 1. The van der Waals surface area contributed by atoms with Crippen LogP contribution in [0.3, 0.4) is 0 Å². The van der Waals surface area contributed by atoms with Crippen LogP contribution in [0.4, 0.5) is 0 Å². The normalized spacial score (nSPS) is 12.1. The number of nitrogens with zero attached hydrogens (tertiary/aromatic N) is 4. The van der Waals surface area contributed by atoms with E-state index in [1.807, 2.05) is 54.9 Å². The number of aromatic nitrogens is 4. The van der Waals surface area contributed by atoms with Crippen molar-refractivity contribution >= 4 is 17.5 Å². The zero-order valence-corrected chi connectivity index (χ0v) is 15.3. The van der Waals surface area contributed by atoms with E-state index in [4.69, 9.17) is 0 Å². The predicted molar refractivity (Wildman–Crippen MR) is 99.7 cm³/mol. The molecule has 0 saturated carbocycles. The summed E-state index contributed by atoms with van der Waals surface area (Å²) in [5.41, 5.74) is 2.91. The van der Waals surface area contributed by atoms with E-state index in [1.165, 1.54) is 17.3 Å². The molecule has 0 radical (unpaired) electrons. The van der Waals surface area contributed by atoms with Gasteiger partial charge in [-0.3, -0.25) is 9.78 Å². The number of Topliss-reactive ketones (excluding diaryl/α,β-unsaturated/α-hetero) is 1. The molecule has 1 atom stereocenters. The fourth-order valence-corrected chi connectivity index (χ4v) is 3.41. The maximum Gasteiger partial charge on any atom is 0.191 e. The highest BCUT2D eigenvalue weighted by molar-refractivity contribution is 8.00. The Balaban J connectivity index is 1.75. The molecule has 0 aliphatic carbocycles. The monoisotopic (exact) mass is 352 g/mol. The van der Waals surface area contributed by atoms with Crippen molar-refractivity contribution in [2.24, 2.45) is 7.05 Å². The number of hydrogen-bond acceptors (Lipinski definition) is 5. The molecule has 5 nitrogen and oxygen atoms in total. The second-order valence-corrected chi connectivity index (χ2v) is 7.08. The van der Waals surface area contributed by atoms with Crippen molar-refractivity contribution in [2.75, 3.05) is 0 Å². The lowest BCUT2D eigenvalue weighted by Gasteiger charge is -2.10. The van der Waals surface area contributed by atoms with Crippen LogP contribution in [0.5, 0.6) is 0 Å². The molecule has 6 heteroatoms. The first-order chi connectivity index (χ1) is 12.1. The Labute approximate surface area is 151 Å². The first-order valence-corrected chi connectivity index (χ1v) is 9.07. The molecule has 0 bridgehead atoms. The van der Waals surface area contributed by atoms with Gasteiger partial charge in [-0.15, -0.1) is 10.2 Å². The van der Waals surface area contributed by atoms with Gasteiger partial charge in [0, 0.05) is 30.6 Å². The summed E-state index contributed by atoms with van der Waals surface area (Å²) < 4.78 is 1.91. The number of carbonyl (C=O) groups excluding carboxylic acids is 1. The van der Waals surface area contributed by atoms with Crippen LogP contribution < -0.4 is 0 Å². The molecule has 0 spiro atoms. The van der Waals surface area contributed by atoms with Gasteiger partial charge in [-0.1, -0.05) is 43.0 Å². The third-order valence-corrected chi connectivity index (χ3v) is 5.21. The zero-order valence-electron chi connectivity index (χ0n) is 14.5. The molecule has 2 heterocycles. The summed E-state index contributed by atoms with van der Waals surface area (Å²) in [7, 11) is 1.91. The van der Waals surface area contributed by atoms with E-state index in [-0.39, 0.29) is 11.0 Å². The number of aryl methyl sites for hydroxylation is 1. The van der Waals surface area contributed by atoms with E-state index < -0.39 is 0 Å². The van der Waals surface area contributed by atoms with Crippen LogP contribution in [0.2, 0.25) is 0 Å². The highest BCUT2D eigenvalue weighted by Gasteiger charge is 2.20. The molecule has 1 aromatic carbocycles. The largest absolute Gasteiger partial charge is 0.305 e. The number of benzene rings is 1. The molecule has 25 heavy (non-hydrogen) atoms. The molecule has 0 fully saturated rings. The molecular formula is C19H20N4OS. The first-order valence-electron chi connectivity index (χ1n) is 8.19. The Hall–Kier alpha value is -2.47. The van der Waals surface area contributed by atoms with Crippen LogP contribution in [0.1, 0.15) is 29.8 Å². The standard InChI is InChI=1S/C19H20N4OS/c1-4-14-5-7-15(8-6-14)17(24)13(2)25-19-22-21-18(23(19)3)16-9-11-20-12-10-16/h5-13H,4H2,1-3H3. The van der Waals surface area contributed by atoms with Gasteiger partial charge in [0.25, 0.3) is 0 Å². The van der Waals surface area contributed by atoms with E-state index in [0.717, 1.165) is 28.5 Å². The zero-order chi connectivity index (χ0) is 17.8. The van der Waals surface area contributed by atoms with Gasteiger partial charge in [-0.25, -0.2) is 0 Å². The van der Waals surface area contributed by atoms with Gasteiger partial charge in [0.2, 0.25) is 0 Å². The maximum absolute atomic E-state index is 12.7. The first kappa shape index (κ1) is 17.4. The molecule has 2 aromatic heterocycles. The highest BCUT2D eigenvalue weighted by atomic mass is 32.2. The summed E-state index contributed by atoms with van der Waals surface area (Å²) in [4.78, 5) is 16.7. The number of pyridine rings is 1. The van der Waals surface area contributed by atoms with Crippen molar-refractivity contribution in [1.29, 1.82) is 0 Å². The van der Waals surface area contributed by atoms with Crippen molar-refractivity contribution in [3.63, 3.8) is 0 Å². The number of carbonyl (C=O) groups is 1. The van der Waals surface area contributed by atoms with Crippen molar-refractivity contribution in [2.45, 2.75) is 30.7 Å². The van der Waals surface area contributed by atoms with Crippen molar-refractivity contribution in [3.8, 4) is 11.4 Å². The van der Waals surface area contributed by atoms with Crippen molar-refractivity contribution in [1.82, 2.24) is 19.7 Å². The second kappa shape index (κ2) is 7.61. The highest BCUT2D eigenvalue weighted by Crippen LogP contribution is 2.27. The molecule has 3 aromatic rings. The predicted octanol–water partition coefficient (Wildman–Crippen LogP) is 3.80. The quantitative estimate of drug-likeness (QED) is 0.499. The summed E-state index contributed by atoms with van der Waals surface area (Å²) in [6.07, 6.45) is 4.42. The van der Waals surface area contributed by atoms with Gasteiger partial charge in [-0.2, -0.15) is 0 Å². The Morgan fingerprint density at radius 2 is 1.80 bits per heavy atom. The third kappa shape index (κ3) is 3.79. The summed E-state index contributed by atoms with van der Waals surface area (Å²) in [6.45, 7) is 4.01. The molecule has 0 saturated heterocycles. The Bertz CT molecular complexity index is 859. The third-order valence-electron chi connectivity index (χ3n) is 4.07. The number of rotatable bonds is 6. The average Bonchev–Trinajstić information content (AvgIpc) is 3.02. The minimum absolute atomic E-state index is 0.0983. The Morgan fingerprint density at radius 3 is 2.44 bits per heavy atom. The molecule has 0 amide bonds. The summed E-state index contributed by atoms with van der Waals surface area (Å²) >= 11 is 1.42. The SMILES string of the molecule is CCc1ccc(C(=O)C(C)Sc2nnc(-c3ccncc3)n2C)cc1. The number of hydrogen-bond donors (Lipinski definition) is 0. The van der Waals surface area contributed by atoms with Crippen molar-refractivity contribution in [3.05, 3.63) is 59.9 Å². The lowest BCUT2D eigenvalue weighted by atomic mass is 10.1. The minimum atomic E-state index is -0.235. The van der Waals surface area contributed by atoms with E-state index in [2.05, 4.69) is 22.1 Å². The van der Waals surface area contributed by atoms with Gasteiger partial charge >= 0.3 is 0 Å². The van der Waals surface area contributed by atoms with E-state index in [9.17, 15) is 4.79 Å². The Morgan fingerprint density at radius 1 is 1.12 bits per heavy atom. The summed E-state index contributed by atoms with van der Waals surface area (Å²) in [5, 5.41) is 8.97. The molecule has 1 unspecified atom stereocenters. The average molecular weight is 352 g/mol. The molecule has 3 rings (SSSR count). The van der Waals surface area contributed by atoms with Crippen LogP contribution in [-0.2, 0) is 13.5 Å². The topological polar surface area (TPSA) is 60.7 Å². The second-order valence-electron chi connectivity index (χ2n) is 5.78. The van der Waals surface area contributed by atoms with Crippen LogP contribution in [0.15, 0.2) is 53.9 Å². The van der Waals surface area contributed by atoms with E-state index in [0.29, 0.717) is 0 Å². The fraction of sp³-hybridized carbons (Fsp3) is 0.263. The van der Waals surface area contributed by atoms with E-state index >= 15 is 0 Å². The smallest absolute Gasteiger partial charge is 0.191 e. The lowest BCUT2D eigenvalue weighted by molar-refractivity contribution is 0.0994. The van der Waals surface area contributed by atoms with Crippen LogP contribution in [0.25, 0.3) is 11.4 Å². The van der Waals surface area contributed by atoms with Gasteiger partial charge in [0.05, 0.1) is 5.25 Å². The van der Waals surface area contributed by atoms with Crippen LogP contribution in [-0.4, -0.2) is 30.8 Å². The van der Waals surface area contributed by atoms with Gasteiger partial charge in [-0.05, 0) is 31.0 Å². The van der Waals surface area contributed by atoms with Crippen LogP contribution >= 0.6 is 11.8 Å². The summed E-state index contributed by atoms with van der Waals surface area (Å²) in [6, 6.07) is 11.6. The van der Waals surface area contributed by atoms with Gasteiger partial charge in [0.1, 0.15) is 0 Å². The summed E-state index contributed by atoms with van der Waals surface area (Å²) in [5.74, 6) is 0.859. The molecular weight excluding hydrogens is 332 g/mol. The number of thioether (sulfide) groups is 1. The molecule has 0 aliphatic rings. The Kier molecular flexibility index (Phi) is 5.28. The fourth-order valence-electron chi connectivity index (χ4n) is 2.52. The molecule has 0 aliphatic heterocycles. The van der Waals surface area contributed by atoms with Gasteiger partial charge in [0.15, 0.2) is 16.8 Å². The van der Waals surface area contributed by atoms with Gasteiger partial charge < -0.3 is 4.57 Å². The van der Waals surface area contributed by atoms with Crippen LogP contribution in [0, 0.1) is 0 Å².